The van der Waals surface area contributed by atoms with E-state index in [0.717, 1.165) is 12.8 Å². The van der Waals surface area contributed by atoms with Crippen molar-refractivity contribution in [3.8, 4) is 0 Å². The Balaban J connectivity index is 1.50. The minimum atomic E-state index is -0.572. The van der Waals surface area contributed by atoms with Crippen LogP contribution in [-0.2, 0) is 9.53 Å². The van der Waals surface area contributed by atoms with E-state index in [1.165, 1.54) is 18.4 Å². The first-order valence-electron chi connectivity index (χ1n) is 8.93. The Morgan fingerprint density at radius 3 is 2.67 bits per heavy atom. The molecule has 3 rings (SSSR count). The summed E-state index contributed by atoms with van der Waals surface area (Å²) in [6, 6.07) is 9.43. The first kappa shape index (κ1) is 18.7. The number of nitrogens with one attached hydrogen (secondary N) is 1. The van der Waals surface area contributed by atoms with Gasteiger partial charge in [0.25, 0.3) is 11.8 Å². The molecule has 1 atom stereocenters. The molecule has 1 aliphatic heterocycles. The minimum Gasteiger partial charge on any atom is -0.459 e. The van der Waals surface area contributed by atoms with Gasteiger partial charge in [0.2, 0.25) is 0 Å². The molecule has 2 heterocycles. The zero-order chi connectivity index (χ0) is 19.2. The quantitative estimate of drug-likeness (QED) is 0.818. The molecule has 2 aromatic rings. The highest BCUT2D eigenvalue weighted by Gasteiger charge is 2.22. The first-order valence-corrected chi connectivity index (χ1v) is 8.93. The molecule has 0 spiro atoms. The number of amides is 2. The monoisotopic (exact) mass is 370 g/mol. The zero-order valence-corrected chi connectivity index (χ0v) is 15.1. The lowest BCUT2D eigenvalue weighted by Gasteiger charge is -2.30. The van der Waals surface area contributed by atoms with Gasteiger partial charge in [-0.2, -0.15) is 0 Å². The summed E-state index contributed by atoms with van der Waals surface area (Å²) in [5.41, 5.74) is 0.831. The maximum atomic E-state index is 12.2. The molecule has 0 bridgehead atoms. The fraction of sp³-hybridized carbons (Fsp3) is 0.350. The number of anilines is 1. The molecule has 2 amide bonds. The molecule has 7 nitrogen and oxygen atoms in total. The van der Waals surface area contributed by atoms with Crippen LogP contribution in [0.1, 0.15) is 40.7 Å². The second-order valence-corrected chi connectivity index (χ2v) is 6.67. The second-order valence-electron chi connectivity index (χ2n) is 6.67. The molecule has 7 heteroatoms. The van der Waals surface area contributed by atoms with Crippen LogP contribution in [0, 0.1) is 5.92 Å². The SMILES string of the molecule is C[C@H]1CCCN(C(=O)COC(=O)c2ccc(NC(=O)c3ccco3)cc2)C1. The van der Waals surface area contributed by atoms with Crippen molar-refractivity contribution < 1.29 is 23.5 Å². The van der Waals surface area contributed by atoms with Gasteiger partial charge in [-0.15, -0.1) is 0 Å². The van der Waals surface area contributed by atoms with Crippen LogP contribution < -0.4 is 5.32 Å². The van der Waals surface area contributed by atoms with Gasteiger partial charge in [-0.25, -0.2) is 4.79 Å². The third-order valence-electron chi connectivity index (χ3n) is 4.46. The molecule has 1 aromatic carbocycles. The number of piperidine rings is 1. The molecule has 1 fully saturated rings. The number of ether oxygens (including phenoxy) is 1. The lowest BCUT2D eigenvalue weighted by atomic mass is 10.0. The predicted molar refractivity (Wildman–Crippen MR) is 98.4 cm³/mol. The number of rotatable bonds is 5. The van der Waals surface area contributed by atoms with Crippen molar-refractivity contribution in [3.63, 3.8) is 0 Å². The molecule has 1 aromatic heterocycles. The van der Waals surface area contributed by atoms with E-state index >= 15 is 0 Å². The zero-order valence-electron chi connectivity index (χ0n) is 15.1. The number of benzene rings is 1. The lowest BCUT2D eigenvalue weighted by molar-refractivity contribution is -0.136. The van der Waals surface area contributed by atoms with Crippen molar-refractivity contribution in [1.82, 2.24) is 4.90 Å². The van der Waals surface area contributed by atoms with Crippen LogP contribution in [0.15, 0.2) is 47.1 Å². The van der Waals surface area contributed by atoms with Crippen molar-refractivity contribution in [2.75, 3.05) is 25.0 Å². The van der Waals surface area contributed by atoms with E-state index in [2.05, 4.69) is 12.2 Å². The number of esters is 1. The van der Waals surface area contributed by atoms with Gasteiger partial charge in [-0.05, 0) is 55.2 Å². The van der Waals surface area contributed by atoms with Gasteiger partial charge < -0.3 is 19.4 Å². The molecule has 0 radical (unpaired) electrons. The van der Waals surface area contributed by atoms with Crippen LogP contribution in [0.3, 0.4) is 0 Å². The van der Waals surface area contributed by atoms with E-state index < -0.39 is 5.97 Å². The van der Waals surface area contributed by atoms with Crippen molar-refractivity contribution >= 4 is 23.5 Å². The topological polar surface area (TPSA) is 88.9 Å². The van der Waals surface area contributed by atoms with Crippen molar-refractivity contribution in [3.05, 3.63) is 54.0 Å². The third-order valence-corrected chi connectivity index (χ3v) is 4.46. The molecule has 0 unspecified atom stereocenters. The Hall–Kier alpha value is -3.09. The predicted octanol–water partition coefficient (Wildman–Crippen LogP) is 2.95. The maximum absolute atomic E-state index is 12.2. The number of nitrogens with zero attached hydrogens (tertiary/aromatic N) is 1. The van der Waals surface area contributed by atoms with Gasteiger partial charge in [-0.1, -0.05) is 6.92 Å². The summed E-state index contributed by atoms with van der Waals surface area (Å²) < 4.78 is 10.1. The third kappa shape index (κ3) is 4.97. The smallest absolute Gasteiger partial charge is 0.338 e. The minimum absolute atomic E-state index is 0.169. The Morgan fingerprint density at radius 2 is 2.00 bits per heavy atom. The fourth-order valence-corrected chi connectivity index (χ4v) is 3.01. The molecule has 1 saturated heterocycles. The van der Waals surface area contributed by atoms with E-state index in [1.807, 2.05) is 0 Å². The lowest BCUT2D eigenvalue weighted by Crippen LogP contribution is -2.41. The summed E-state index contributed by atoms with van der Waals surface area (Å²) >= 11 is 0. The van der Waals surface area contributed by atoms with Gasteiger partial charge in [-0.3, -0.25) is 9.59 Å². The van der Waals surface area contributed by atoms with E-state index in [-0.39, 0.29) is 24.2 Å². The number of carbonyl (C=O) groups excluding carboxylic acids is 3. The Bertz CT molecular complexity index is 798. The second kappa shape index (κ2) is 8.53. The van der Waals surface area contributed by atoms with Crippen LogP contribution >= 0.6 is 0 Å². The van der Waals surface area contributed by atoms with Crippen LogP contribution in [0.5, 0.6) is 0 Å². The fourth-order valence-electron chi connectivity index (χ4n) is 3.01. The maximum Gasteiger partial charge on any atom is 0.338 e. The Kier molecular flexibility index (Phi) is 5.90. The number of furan rings is 1. The summed E-state index contributed by atoms with van der Waals surface area (Å²) in [4.78, 5) is 37.9. The average molecular weight is 370 g/mol. The van der Waals surface area contributed by atoms with E-state index in [4.69, 9.17) is 9.15 Å². The van der Waals surface area contributed by atoms with E-state index in [9.17, 15) is 14.4 Å². The number of carbonyl (C=O) groups is 3. The molecule has 142 valence electrons. The highest BCUT2D eigenvalue weighted by Crippen LogP contribution is 2.16. The number of likely N-dealkylation sites (tertiary alicyclic amines) is 1. The first-order chi connectivity index (χ1) is 13.0. The van der Waals surface area contributed by atoms with Gasteiger partial charge in [0.1, 0.15) is 0 Å². The van der Waals surface area contributed by atoms with E-state index in [1.54, 1.807) is 29.2 Å². The summed E-state index contributed by atoms with van der Waals surface area (Å²) in [7, 11) is 0. The van der Waals surface area contributed by atoms with Crippen molar-refractivity contribution in [2.45, 2.75) is 19.8 Å². The number of hydrogen-bond acceptors (Lipinski definition) is 5. The molecule has 1 aliphatic rings. The van der Waals surface area contributed by atoms with Gasteiger partial charge in [0.15, 0.2) is 12.4 Å². The van der Waals surface area contributed by atoms with Gasteiger partial charge in [0, 0.05) is 18.8 Å². The van der Waals surface area contributed by atoms with Gasteiger partial charge >= 0.3 is 5.97 Å². The Labute approximate surface area is 157 Å². The molecule has 0 saturated carbocycles. The normalized spacial score (nSPS) is 16.6. The highest BCUT2D eigenvalue weighted by atomic mass is 16.5. The number of hydrogen-bond donors (Lipinski definition) is 1. The summed E-state index contributed by atoms with van der Waals surface area (Å²) in [6.07, 6.45) is 3.51. The molecule has 1 N–H and O–H groups in total. The van der Waals surface area contributed by atoms with Gasteiger partial charge in [0.05, 0.1) is 11.8 Å². The van der Waals surface area contributed by atoms with Crippen molar-refractivity contribution in [1.29, 1.82) is 0 Å². The summed E-state index contributed by atoms with van der Waals surface area (Å²) in [6.45, 7) is 3.27. The van der Waals surface area contributed by atoms with E-state index in [0.29, 0.717) is 30.3 Å². The van der Waals surface area contributed by atoms with Crippen LogP contribution in [-0.4, -0.2) is 42.4 Å². The summed E-state index contributed by atoms with van der Waals surface area (Å²) in [5, 5.41) is 2.66. The standard InChI is InChI=1S/C20H22N2O5/c1-14-4-2-10-22(12-14)18(23)13-27-20(25)15-6-8-16(9-7-15)21-19(24)17-5-3-11-26-17/h3,5-9,11,14H,2,4,10,12-13H2,1H3,(H,21,24)/t14-/m0/s1. The van der Waals surface area contributed by atoms with Crippen LogP contribution in [0.2, 0.25) is 0 Å². The van der Waals surface area contributed by atoms with Crippen LogP contribution in [0.4, 0.5) is 5.69 Å². The average Bonchev–Trinajstić information content (AvgIpc) is 3.21. The summed E-state index contributed by atoms with van der Waals surface area (Å²) in [5.74, 6) is -0.447. The van der Waals surface area contributed by atoms with Crippen LogP contribution in [0.25, 0.3) is 0 Å². The molecule has 0 aliphatic carbocycles. The molecule has 27 heavy (non-hydrogen) atoms. The molecular weight excluding hydrogens is 348 g/mol. The van der Waals surface area contributed by atoms with Crippen molar-refractivity contribution in [2.24, 2.45) is 5.92 Å². The largest absolute Gasteiger partial charge is 0.459 e. The highest BCUT2D eigenvalue weighted by molar-refractivity contribution is 6.02. The Morgan fingerprint density at radius 1 is 1.22 bits per heavy atom. The molecular formula is C20H22N2O5.